The first-order valence-electron chi connectivity index (χ1n) is 4.38. The van der Waals surface area contributed by atoms with Crippen LogP contribution in [0, 0.1) is 7.14 Å². The van der Waals surface area contributed by atoms with Gasteiger partial charge in [0.1, 0.15) is 12.0 Å². The van der Waals surface area contributed by atoms with Crippen molar-refractivity contribution in [2.75, 3.05) is 0 Å². The molecule has 1 N–H and O–H groups in total. The molecule has 0 fully saturated rings. The highest BCUT2D eigenvalue weighted by Gasteiger charge is 2.10. The number of benzene rings is 1. The Morgan fingerprint density at radius 3 is 2.94 bits per heavy atom. The molecule has 3 aromatic rings. The van der Waals surface area contributed by atoms with E-state index in [1.54, 1.807) is 0 Å². The van der Waals surface area contributed by atoms with E-state index >= 15 is 0 Å². The third-order valence-corrected chi connectivity index (χ3v) is 3.73. The SMILES string of the molecule is O=c1nc2cc(I)cc(I)c2c2[nH]cnn12. The molecule has 0 atom stereocenters. The van der Waals surface area contributed by atoms with Crippen LogP contribution < -0.4 is 5.69 Å². The van der Waals surface area contributed by atoms with Crippen molar-refractivity contribution in [3.05, 3.63) is 36.1 Å². The molecule has 2 aromatic heterocycles. The fraction of sp³-hybridized carbons (Fsp3) is 0. The molecule has 0 radical (unpaired) electrons. The molecule has 5 nitrogen and oxygen atoms in total. The van der Waals surface area contributed by atoms with E-state index in [-0.39, 0.29) is 5.69 Å². The average molecular weight is 438 g/mol. The molecule has 0 aliphatic rings. The zero-order valence-corrected chi connectivity index (χ0v) is 12.1. The summed E-state index contributed by atoms with van der Waals surface area (Å²) in [5.41, 5.74) is 1.03. The monoisotopic (exact) mass is 438 g/mol. The van der Waals surface area contributed by atoms with Gasteiger partial charge in [0.15, 0.2) is 0 Å². The summed E-state index contributed by atoms with van der Waals surface area (Å²) in [4.78, 5) is 18.6. The first kappa shape index (κ1) is 10.4. The van der Waals surface area contributed by atoms with Crippen LogP contribution in [0.4, 0.5) is 0 Å². The predicted octanol–water partition coefficient (Wildman–Crippen LogP) is 1.78. The molecule has 2 heterocycles. The number of nitrogens with one attached hydrogen (secondary N) is 1. The molecule has 0 aliphatic carbocycles. The molecule has 1 aromatic carbocycles. The number of H-pyrrole nitrogens is 1. The normalized spacial score (nSPS) is 11.4. The third-order valence-electron chi connectivity index (χ3n) is 2.25. The molecule has 0 amide bonds. The number of rotatable bonds is 0. The molecule has 0 unspecified atom stereocenters. The van der Waals surface area contributed by atoms with Crippen molar-refractivity contribution >= 4 is 61.7 Å². The van der Waals surface area contributed by atoms with Gasteiger partial charge in [0.25, 0.3) is 0 Å². The molecular formula is C9H4I2N4O. The van der Waals surface area contributed by atoms with Crippen LogP contribution in [0.3, 0.4) is 0 Å². The summed E-state index contributed by atoms with van der Waals surface area (Å²) in [5, 5.41) is 4.84. The van der Waals surface area contributed by atoms with Crippen LogP contribution in [0.1, 0.15) is 0 Å². The van der Waals surface area contributed by atoms with Crippen LogP contribution in [0.15, 0.2) is 23.3 Å². The Hall–Kier alpha value is -0.710. The number of nitrogens with zero attached hydrogens (tertiary/aromatic N) is 3. The Kier molecular flexibility index (Phi) is 2.38. The van der Waals surface area contributed by atoms with Gasteiger partial charge >= 0.3 is 5.69 Å². The molecule has 0 saturated carbocycles. The summed E-state index contributed by atoms with van der Waals surface area (Å²) in [6.07, 6.45) is 1.49. The van der Waals surface area contributed by atoms with Gasteiger partial charge in [-0.1, -0.05) is 0 Å². The topological polar surface area (TPSA) is 63.0 Å². The van der Waals surface area contributed by atoms with E-state index in [0.29, 0.717) is 11.2 Å². The molecule has 3 rings (SSSR count). The number of hydrogen-bond donors (Lipinski definition) is 1. The number of halogens is 2. The lowest BCUT2D eigenvalue weighted by molar-refractivity contribution is 0.881. The minimum atomic E-state index is -0.360. The first-order chi connectivity index (χ1) is 7.66. The molecule has 80 valence electrons. The zero-order valence-electron chi connectivity index (χ0n) is 7.74. The highest BCUT2D eigenvalue weighted by Crippen LogP contribution is 2.23. The van der Waals surface area contributed by atoms with Crippen molar-refractivity contribution in [2.24, 2.45) is 0 Å². The molecule has 16 heavy (non-hydrogen) atoms. The minimum Gasteiger partial charge on any atom is -0.329 e. The van der Waals surface area contributed by atoms with E-state index in [1.807, 2.05) is 12.1 Å². The quantitative estimate of drug-likeness (QED) is 0.545. The second-order valence-electron chi connectivity index (χ2n) is 3.23. The van der Waals surface area contributed by atoms with E-state index in [1.165, 1.54) is 10.8 Å². The largest absolute Gasteiger partial charge is 0.370 e. The van der Waals surface area contributed by atoms with E-state index in [9.17, 15) is 4.79 Å². The molecule has 0 spiro atoms. The van der Waals surface area contributed by atoms with Gasteiger partial charge in [-0.05, 0) is 57.3 Å². The average Bonchev–Trinajstić information content (AvgIpc) is 2.65. The van der Waals surface area contributed by atoms with Gasteiger partial charge in [0.05, 0.1) is 10.9 Å². The summed E-state index contributed by atoms with van der Waals surface area (Å²) < 4.78 is 3.39. The van der Waals surface area contributed by atoms with Crippen molar-refractivity contribution in [3.8, 4) is 0 Å². The maximum Gasteiger partial charge on any atom is 0.370 e. The van der Waals surface area contributed by atoms with Gasteiger partial charge in [-0.25, -0.2) is 4.79 Å². The van der Waals surface area contributed by atoms with Crippen molar-refractivity contribution in [2.45, 2.75) is 0 Å². The van der Waals surface area contributed by atoms with E-state index in [2.05, 4.69) is 60.2 Å². The van der Waals surface area contributed by atoms with Gasteiger partial charge in [-0.2, -0.15) is 14.6 Å². The number of aromatic amines is 1. The Labute approximate surface area is 117 Å². The lowest BCUT2D eigenvalue weighted by Crippen LogP contribution is -2.17. The fourth-order valence-corrected chi connectivity index (χ4v) is 3.69. The maximum atomic E-state index is 11.6. The Morgan fingerprint density at radius 1 is 1.31 bits per heavy atom. The molecule has 7 heteroatoms. The van der Waals surface area contributed by atoms with Crippen LogP contribution in [-0.4, -0.2) is 19.6 Å². The standard InChI is InChI=1S/C9H4I2N4O/c10-4-1-5(11)7-6(2-4)14-9(16)15-8(7)12-3-13-15/h1-3H,(H,12,13). The highest BCUT2D eigenvalue weighted by molar-refractivity contribution is 14.1. The van der Waals surface area contributed by atoms with Crippen LogP contribution >= 0.6 is 45.2 Å². The van der Waals surface area contributed by atoms with Crippen molar-refractivity contribution in [1.29, 1.82) is 0 Å². The molecular weight excluding hydrogens is 434 g/mol. The van der Waals surface area contributed by atoms with Gasteiger partial charge in [-0.15, -0.1) is 0 Å². The van der Waals surface area contributed by atoms with Crippen molar-refractivity contribution in [1.82, 2.24) is 19.6 Å². The van der Waals surface area contributed by atoms with Crippen molar-refractivity contribution < 1.29 is 0 Å². The Balaban J connectivity index is 2.70. The maximum absolute atomic E-state index is 11.6. The number of fused-ring (bicyclic) bond motifs is 3. The second kappa shape index (κ2) is 3.65. The lowest BCUT2D eigenvalue weighted by atomic mass is 10.2. The first-order valence-corrected chi connectivity index (χ1v) is 6.54. The van der Waals surface area contributed by atoms with Crippen molar-refractivity contribution in [3.63, 3.8) is 0 Å². The molecule has 0 bridgehead atoms. The zero-order chi connectivity index (χ0) is 11.3. The summed E-state index contributed by atoms with van der Waals surface area (Å²) in [6.45, 7) is 0. The fourth-order valence-electron chi connectivity index (χ4n) is 1.62. The van der Waals surface area contributed by atoms with Crippen LogP contribution in [0.5, 0.6) is 0 Å². The number of aromatic nitrogens is 4. The Morgan fingerprint density at radius 2 is 2.12 bits per heavy atom. The predicted molar refractivity (Wildman–Crippen MR) is 76.5 cm³/mol. The highest BCUT2D eigenvalue weighted by atomic mass is 127. The summed E-state index contributed by atoms with van der Waals surface area (Å²) in [7, 11) is 0. The van der Waals surface area contributed by atoms with Gasteiger partial charge in [0, 0.05) is 7.14 Å². The van der Waals surface area contributed by atoms with E-state index in [0.717, 1.165) is 12.5 Å². The van der Waals surface area contributed by atoms with E-state index in [4.69, 9.17) is 0 Å². The summed E-state index contributed by atoms with van der Waals surface area (Å²) in [5.74, 6) is 0. The third kappa shape index (κ3) is 1.44. The second-order valence-corrected chi connectivity index (χ2v) is 5.63. The molecule has 0 saturated heterocycles. The lowest BCUT2D eigenvalue weighted by Gasteiger charge is -2.02. The van der Waals surface area contributed by atoms with Gasteiger partial charge in [0.2, 0.25) is 0 Å². The summed E-state index contributed by atoms with van der Waals surface area (Å²) in [6, 6.07) is 3.93. The summed E-state index contributed by atoms with van der Waals surface area (Å²) >= 11 is 4.44. The number of hydrogen-bond acceptors (Lipinski definition) is 3. The van der Waals surface area contributed by atoms with Crippen LogP contribution in [0.2, 0.25) is 0 Å². The smallest absolute Gasteiger partial charge is 0.329 e. The van der Waals surface area contributed by atoms with Gasteiger partial charge in [-0.3, -0.25) is 0 Å². The van der Waals surface area contributed by atoms with Crippen LogP contribution in [0.25, 0.3) is 16.6 Å². The molecule has 0 aliphatic heterocycles. The Bertz CT molecular complexity index is 761. The van der Waals surface area contributed by atoms with Crippen LogP contribution in [-0.2, 0) is 0 Å². The van der Waals surface area contributed by atoms with E-state index < -0.39 is 0 Å². The minimum absolute atomic E-state index is 0.360. The van der Waals surface area contributed by atoms with Gasteiger partial charge < -0.3 is 4.98 Å².